The van der Waals surface area contributed by atoms with Gasteiger partial charge < -0.3 is 15.0 Å². The molecule has 1 amide bonds. The standard InChI is InChI=1S/C15H22N2O2/c1-10-8-14(19-4)11(2)7-13(10)17(3)15(18)12-5-6-16-9-12/h7-8,12,16H,5-6,9H2,1-4H3. The van der Waals surface area contributed by atoms with Crippen LogP contribution in [0, 0.1) is 19.8 Å². The van der Waals surface area contributed by atoms with Crippen LogP contribution in [0.5, 0.6) is 5.75 Å². The number of hydrogen-bond donors (Lipinski definition) is 1. The van der Waals surface area contributed by atoms with Gasteiger partial charge in [-0.3, -0.25) is 4.79 Å². The number of methoxy groups -OCH3 is 1. The lowest BCUT2D eigenvalue weighted by Gasteiger charge is -2.23. The van der Waals surface area contributed by atoms with Crippen LogP contribution in [-0.2, 0) is 4.79 Å². The monoisotopic (exact) mass is 262 g/mol. The highest BCUT2D eigenvalue weighted by molar-refractivity contribution is 5.95. The van der Waals surface area contributed by atoms with E-state index >= 15 is 0 Å². The predicted octanol–water partition coefficient (Wildman–Crippen LogP) is 1.88. The summed E-state index contributed by atoms with van der Waals surface area (Å²) < 4.78 is 5.31. The lowest BCUT2D eigenvalue weighted by molar-refractivity contribution is -0.121. The van der Waals surface area contributed by atoms with Crippen molar-refractivity contribution in [1.29, 1.82) is 0 Å². The Labute approximate surface area is 114 Å². The van der Waals surface area contributed by atoms with Crippen molar-refractivity contribution in [2.24, 2.45) is 5.92 Å². The molecule has 19 heavy (non-hydrogen) atoms. The fraction of sp³-hybridized carbons (Fsp3) is 0.533. The van der Waals surface area contributed by atoms with E-state index in [9.17, 15) is 4.79 Å². The summed E-state index contributed by atoms with van der Waals surface area (Å²) >= 11 is 0. The molecule has 1 aliphatic rings. The Hall–Kier alpha value is -1.55. The number of amides is 1. The highest BCUT2D eigenvalue weighted by Gasteiger charge is 2.26. The van der Waals surface area contributed by atoms with Crippen LogP contribution in [-0.4, -0.2) is 33.2 Å². The van der Waals surface area contributed by atoms with Gasteiger partial charge in [-0.1, -0.05) is 0 Å². The summed E-state index contributed by atoms with van der Waals surface area (Å²) in [7, 11) is 3.52. The minimum absolute atomic E-state index is 0.104. The number of carbonyl (C=O) groups excluding carboxylic acids is 1. The molecule has 1 fully saturated rings. The van der Waals surface area contributed by atoms with Crippen LogP contribution in [0.15, 0.2) is 12.1 Å². The van der Waals surface area contributed by atoms with Gasteiger partial charge in [-0.15, -0.1) is 0 Å². The van der Waals surface area contributed by atoms with Crippen LogP contribution >= 0.6 is 0 Å². The molecule has 0 saturated carbocycles. The molecule has 4 nitrogen and oxygen atoms in total. The zero-order valence-electron chi connectivity index (χ0n) is 12.1. The van der Waals surface area contributed by atoms with Crippen molar-refractivity contribution in [3.63, 3.8) is 0 Å². The van der Waals surface area contributed by atoms with E-state index in [1.165, 1.54) is 0 Å². The first-order valence-corrected chi connectivity index (χ1v) is 6.68. The predicted molar refractivity (Wildman–Crippen MR) is 76.9 cm³/mol. The van der Waals surface area contributed by atoms with Crippen LogP contribution in [0.3, 0.4) is 0 Å². The summed E-state index contributed by atoms with van der Waals surface area (Å²) in [6, 6.07) is 4.01. The number of benzene rings is 1. The second-order valence-corrected chi connectivity index (χ2v) is 5.20. The zero-order chi connectivity index (χ0) is 14.0. The third kappa shape index (κ3) is 2.73. The molecule has 1 atom stereocenters. The first kappa shape index (κ1) is 13.9. The van der Waals surface area contributed by atoms with Gasteiger partial charge in [-0.05, 0) is 50.1 Å². The molecule has 2 rings (SSSR count). The molecule has 1 aromatic rings. The maximum Gasteiger partial charge on any atom is 0.231 e. The smallest absolute Gasteiger partial charge is 0.231 e. The van der Waals surface area contributed by atoms with E-state index in [2.05, 4.69) is 5.32 Å². The van der Waals surface area contributed by atoms with Crippen molar-refractivity contribution in [3.8, 4) is 5.75 Å². The Morgan fingerprint density at radius 1 is 1.37 bits per heavy atom. The van der Waals surface area contributed by atoms with Gasteiger partial charge in [0.25, 0.3) is 0 Å². The molecule has 0 aliphatic carbocycles. The number of rotatable bonds is 3. The number of anilines is 1. The van der Waals surface area contributed by atoms with Gasteiger partial charge in [0, 0.05) is 19.3 Å². The summed E-state index contributed by atoms with van der Waals surface area (Å²) in [6.07, 6.45) is 0.928. The minimum Gasteiger partial charge on any atom is -0.496 e. The van der Waals surface area contributed by atoms with Crippen LogP contribution in [0.4, 0.5) is 5.69 Å². The lowest BCUT2D eigenvalue weighted by atomic mass is 10.0. The third-order valence-electron chi connectivity index (χ3n) is 3.81. The summed E-state index contributed by atoms with van der Waals surface area (Å²) in [4.78, 5) is 14.2. The molecule has 0 radical (unpaired) electrons. The fourth-order valence-electron chi connectivity index (χ4n) is 2.61. The Balaban J connectivity index is 2.25. The molecule has 0 spiro atoms. The third-order valence-corrected chi connectivity index (χ3v) is 3.81. The average molecular weight is 262 g/mol. The van der Waals surface area contributed by atoms with Gasteiger partial charge in [0.15, 0.2) is 0 Å². The zero-order valence-corrected chi connectivity index (χ0v) is 12.1. The summed E-state index contributed by atoms with van der Waals surface area (Å²) in [6.45, 7) is 5.73. The van der Waals surface area contributed by atoms with E-state index < -0.39 is 0 Å². The molecule has 1 aliphatic heterocycles. The SMILES string of the molecule is COc1cc(C)c(N(C)C(=O)C2CCNC2)cc1C. The van der Waals surface area contributed by atoms with E-state index in [0.717, 1.165) is 42.1 Å². The normalized spacial score (nSPS) is 18.4. The van der Waals surface area contributed by atoms with Crippen LogP contribution in [0.2, 0.25) is 0 Å². The number of nitrogens with zero attached hydrogens (tertiary/aromatic N) is 1. The Bertz CT molecular complexity index is 479. The topological polar surface area (TPSA) is 41.6 Å². The van der Waals surface area contributed by atoms with E-state index in [0.29, 0.717) is 0 Å². The lowest BCUT2D eigenvalue weighted by Crippen LogP contribution is -2.34. The first-order valence-electron chi connectivity index (χ1n) is 6.68. The molecule has 0 aromatic heterocycles. The summed E-state index contributed by atoms with van der Waals surface area (Å²) in [5.74, 6) is 1.16. The van der Waals surface area contributed by atoms with Gasteiger partial charge in [0.05, 0.1) is 13.0 Å². The van der Waals surface area contributed by atoms with Crippen molar-refractivity contribution in [3.05, 3.63) is 23.3 Å². The van der Waals surface area contributed by atoms with Crippen molar-refractivity contribution >= 4 is 11.6 Å². The Kier molecular flexibility index (Phi) is 4.10. The van der Waals surface area contributed by atoms with E-state index in [1.807, 2.05) is 33.0 Å². The molecule has 1 N–H and O–H groups in total. The van der Waals surface area contributed by atoms with Crippen LogP contribution in [0.1, 0.15) is 17.5 Å². The van der Waals surface area contributed by atoms with Gasteiger partial charge in [0.2, 0.25) is 5.91 Å². The van der Waals surface area contributed by atoms with Crippen molar-refractivity contribution in [1.82, 2.24) is 5.32 Å². The van der Waals surface area contributed by atoms with Crippen LogP contribution in [0.25, 0.3) is 0 Å². The van der Waals surface area contributed by atoms with Crippen molar-refractivity contribution in [2.45, 2.75) is 20.3 Å². The van der Waals surface area contributed by atoms with Crippen molar-refractivity contribution in [2.75, 3.05) is 32.1 Å². The second kappa shape index (κ2) is 5.61. The number of hydrogen-bond acceptors (Lipinski definition) is 3. The highest BCUT2D eigenvalue weighted by Crippen LogP contribution is 2.29. The maximum atomic E-state index is 12.4. The van der Waals surface area contributed by atoms with Crippen LogP contribution < -0.4 is 15.0 Å². The van der Waals surface area contributed by atoms with E-state index in [4.69, 9.17) is 4.74 Å². The van der Waals surface area contributed by atoms with Gasteiger partial charge >= 0.3 is 0 Å². The maximum absolute atomic E-state index is 12.4. The fourth-order valence-corrected chi connectivity index (χ4v) is 2.61. The largest absolute Gasteiger partial charge is 0.496 e. The summed E-state index contributed by atoms with van der Waals surface area (Å²) in [5.41, 5.74) is 3.08. The Morgan fingerprint density at radius 2 is 2.11 bits per heavy atom. The Morgan fingerprint density at radius 3 is 2.68 bits per heavy atom. The molecule has 0 bridgehead atoms. The highest BCUT2D eigenvalue weighted by atomic mass is 16.5. The van der Waals surface area contributed by atoms with Gasteiger partial charge in [-0.25, -0.2) is 0 Å². The average Bonchev–Trinajstić information content (AvgIpc) is 2.93. The minimum atomic E-state index is 0.104. The molecule has 1 unspecified atom stereocenters. The molecule has 1 aromatic carbocycles. The molecule has 1 saturated heterocycles. The quantitative estimate of drug-likeness (QED) is 0.904. The van der Waals surface area contributed by atoms with Gasteiger partial charge in [-0.2, -0.15) is 0 Å². The molecule has 4 heteroatoms. The van der Waals surface area contributed by atoms with E-state index in [-0.39, 0.29) is 11.8 Å². The number of carbonyl (C=O) groups is 1. The second-order valence-electron chi connectivity index (χ2n) is 5.20. The molecule has 1 heterocycles. The number of aryl methyl sites for hydroxylation is 2. The number of ether oxygens (including phenoxy) is 1. The first-order chi connectivity index (χ1) is 9.04. The molecular formula is C15H22N2O2. The molecule has 104 valence electrons. The summed E-state index contributed by atoms with van der Waals surface area (Å²) in [5, 5.41) is 3.24. The molecular weight excluding hydrogens is 240 g/mol. The van der Waals surface area contributed by atoms with Crippen molar-refractivity contribution < 1.29 is 9.53 Å². The number of nitrogens with one attached hydrogen (secondary N) is 1. The van der Waals surface area contributed by atoms with E-state index in [1.54, 1.807) is 12.0 Å². The van der Waals surface area contributed by atoms with Gasteiger partial charge in [0.1, 0.15) is 5.75 Å².